The molecule has 10 heteroatoms. The van der Waals surface area contributed by atoms with Crippen LogP contribution in [0.1, 0.15) is 44.5 Å². The van der Waals surface area contributed by atoms with Gasteiger partial charge in [0.25, 0.3) is 5.91 Å². The number of carboxylic acids is 1. The summed E-state index contributed by atoms with van der Waals surface area (Å²) in [7, 11) is 0. The SMILES string of the molecule is CC(C)C[C@H](NC(=O)[C@@H](NC(=O)c1cccc(O)c1)C(C)C)C(=O)N[C@@H](CO)C(=O)O. The smallest absolute Gasteiger partial charge is 0.328 e. The number of rotatable bonds is 11. The third-order valence-electron chi connectivity index (χ3n) is 4.48. The lowest BCUT2D eigenvalue weighted by molar-refractivity contribution is -0.143. The molecule has 0 spiro atoms. The van der Waals surface area contributed by atoms with Gasteiger partial charge in [0.2, 0.25) is 11.8 Å². The van der Waals surface area contributed by atoms with Crippen LogP contribution in [0.25, 0.3) is 0 Å². The molecule has 0 aromatic heterocycles. The number of aromatic hydroxyl groups is 1. The molecule has 31 heavy (non-hydrogen) atoms. The van der Waals surface area contributed by atoms with Crippen LogP contribution in [-0.2, 0) is 14.4 Å². The second kappa shape index (κ2) is 11.9. The third-order valence-corrected chi connectivity index (χ3v) is 4.48. The van der Waals surface area contributed by atoms with Gasteiger partial charge in [-0.05, 0) is 36.5 Å². The van der Waals surface area contributed by atoms with Crippen molar-refractivity contribution in [1.29, 1.82) is 0 Å². The van der Waals surface area contributed by atoms with Crippen LogP contribution >= 0.6 is 0 Å². The monoisotopic (exact) mass is 437 g/mol. The second-order valence-electron chi connectivity index (χ2n) is 8.02. The standard InChI is InChI=1S/C21H31N3O7/c1-11(2)8-15(19(28)23-16(10-25)21(30)31)22-20(29)17(12(3)4)24-18(27)13-6-5-7-14(26)9-13/h5-7,9,11-12,15-17,25-26H,8,10H2,1-4H3,(H,22,29)(H,23,28)(H,24,27)(H,30,31)/t15-,16-,17-/m0/s1. The molecule has 0 bridgehead atoms. The molecule has 1 aromatic carbocycles. The van der Waals surface area contributed by atoms with E-state index in [0.717, 1.165) is 0 Å². The Morgan fingerprint density at radius 1 is 0.935 bits per heavy atom. The molecule has 172 valence electrons. The number of phenols is 1. The zero-order valence-corrected chi connectivity index (χ0v) is 18.1. The van der Waals surface area contributed by atoms with Crippen molar-refractivity contribution in [1.82, 2.24) is 16.0 Å². The van der Waals surface area contributed by atoms with Crippen molar-refractivity contribution in [3.63, 3.8) is 0 Å². The van der Waals surface area contributed by atoms with Crippen LogP contribution < -0.4 is 16.0 Å². The van der Waals surface area contributed by atoms with Crippen molar-refractivity contribution in [3.05, 3.63) is 29.8 Å². The van der Waals surface area contributed by atoms with Gasteiger partial charge in [-0.2, -0.15) is 0 Å². The summed E-state index contributed by atoms with van der Waals surface area (Å²) in [5, 5.41) is 35.1. The third kappa shape index (κ3) is 8.25. The van der Waals surface area contributed by atoms with Crippen LogP contribution in [0.4, 0.5) is 0 Å². The highest BCUT2D eigenvalue weighted by molar-refractivity contribution is 5.99. The molecule has 6 N–H and O–H groups in total. The molecule has 0 radical (unpaired) electrons. The highest BCUT2D eigenvalue weighted by Crippen LogP contribution is 2.13. The van der Waals surface area contributed by atoms with Crippen LogP contribution in [0.15, 0.2) is 24.3 Å². The minimum Gasteiger partial charge on any atom is -0.508 e. The number of aliphatic hydroxyl groups is 1. The number of aliphatic carboxylic acids is 1. The minimum absolute atomic E-state index is 0.00663. The Hall–Kier alpha value is -3.14. The first-order valence-electron chi connectivity index (χ1n) is 10.0. The number of benzene rings is 1. The van der Waals surface area contributed by atoms with Gasteiger partial charge in [0, 0.05) is 5.56 Å². The van der Waals surface area contributed by atoms with Crippen molar-refractivity contribution in [2.75, 3.05) is 6.61 Å². The molecular formula is C21H31N3O7. The Morgan fingerprint density at radius 3 is 2.03 bits per heavy atom. The molecule has 3 amide bonds. The normalized spacial score (nSPS) is 13.9. The first kappa shape index (κ1) is 25.9. The summed E-state index contributed by atoms with van der Waals surface area (Å²) in [4.78, 5) is 49.0. The number of carboxylic acid groups (broad SMARTS) is 1. The lowest BCUT2D eigenvalue weighted by Crippen LogP contribution is -2.57. The highest BCUT2D eigenvalue weighted by Gasteiger charge is 2.31. The molecule has 0 unspecified atom stereocenters. The number of hydrogen-bond acceptors (Lipinski definition) is 6. The summed E-state index contributed by atoms with van der Waals surface area (Å²) in [6.07, 6.45) is 0.223. The van der Waals surface area contributed by atoms with E-state index in [-0.39, 0.29) is 29.6 Å². The van der Waals surface area contributed by atoms with E-state index in [9.17, 15) is 24.3 Å². The number of carbonyl (C=O) groups is 4. The Labute approximate surface area is 181 Å². The van der Waals surface area contributed by atoms with Crippen LogP contribution in [0, 0.1) is 11.8 Å². The van der Waals surface area contributed by atoms with E-state index in [0.29, 0.717) is 0 Å². The number of aliphatic hydroxyl groups excluding tert-OH is 1. The minimum atomic E-state index is -1.49. The van der Waals surface area contributed by atoms with E-state index >= 15 is 0 Å². The first-order valence-corrected chi connectivity index (χ1v) is 10.0. The van der Waals surface area contributed by atoms with Gasteiger partial charge in [0.1, 0.15) is 23.9 Å². The van der Waals surface area contributed by atoms with Gasteiger partial charge in [0.15, 0.2) is 0 Å². The summed E-state index contributed by atoms with van der Waals surface area (Å²) in [5.74, 6) is -3.75. The maximum atomic E-state index is 12.9. The molecule has 0 saturated carbocycles. The summed E-state index contributed by atoms with van der Waals surface area (Å²) >= 11 is 0. The van der Waals surface area contributed by atoms with Gasteiger partial charge in [-0.25, -0.2) is 4.79 Å². The molecule has 0 aliphatic heterocycles. The van der Waals surface area contributed by atoms with Gasteiger partial charge >= 0.3 is 5.97 Å². The van der Waals surface area contributed by atoms with Crippen molar-refractivity contribution < 1.29 is 34.5 Å². The van der Waals surface area contributed by atoms with Crippen molar-refractivity contribution in [2.45, 2.75) is 52.2 Å². The Morgan fingerprint density at radius 2 is 1.55 bits per heavy atom. The lowest BCUT2D eigenvalue weighted by Gasteiger charge is -2.26. The van der Waals surface area contributed by atoms with Crippen LogP contribution in [0.5, 0.6) is 5.75 Å². The van der Waals surface area contributed by atoms with E-state index in [1.165, 1.54) is 24.3 Å². The number of carbonyl (C=O) groups excluding carboxylic acids is 3. The summed E-state index contributed by atoms with van der Waals surface area (Å²) in [6, 6.07) is 2.13. The summed E-state index contributed by atoms with van der Waals surface area (Å²) in [6.45, 7) is 6.30. The zero-order chi connectivity index (χ0) is 23.7. The van der Waals surface area contributed by atoms with E-state index in [1.807, 2.05) is 13.8 Å². The summed E-state index contributed by atoms with van der Waals surface area (Å²) < 4.78 is 0. The fourth-order valence-electron chi connectivity index (χ4n) is 2.83. The van der Waals surface area contributed by atoms with Crippen LogP contribution in [0.2, 0.25) is 0 Å². The molecule has 3 atom stereocenters. The van der Waals surface area contributed by atoms with Gasteiger partial charge < -0.3 is 31.3 Å². The second-order valence-corrected chi connectivity index (χ2v) is 8.02. The maximum absolute atomic E-state index is 12.9. The largest absolute Gasteiger partial charge is 0.508 e. The average molecular weight is 437 g/mol. The van der Waals surface area contributed by atoms with E-state index in [4.69, 9.17) is 10.2 Å². The number of nitrogens with one attached hydrogen (secondary N) is 3. The van der Waals surface area contributed by atoms with E-state index in [1.54, 1.807) is 13.8 Å². The Balaban J connectivity index is 2.97. The Bertz CT molecular complexity index is 795. The summed E-state index contributed by atoms with van der Waals surface area (Å²) in [5.41, 5.74) is 0.169. The lowest BCUT2D eigenvalue weighted by atomic mass is 9.99. The van der Waals surface area contributed by atoms with Crippen molar-refractivity contribution in [2.24, 2.45) is 11.8 Å². The molecule has 1 aromatic rings. The molecule has 1 rings (SSSR count). The van der Waals surface area contributed by atoms with Crippen molar-refractivity contribution in [3.8, 4) is 5.75 Å². The predicted octanol–water partition coefficient (Wildman–Crippen LogP) is 0.239. The predicted molar refractivity (Wildman–Crippen MR) is 112 cm³/mol. The van der Waals surface area contributed by atoms with Gasteiger partial charge in [-0.1, -0.05) is 33.8 Å². The number of phenolic OH excluding ortho intramolecular Hbond substituents is 1. The molecule has 0 saturated heterocycles. The highest BCUT2D eigenvalue weighted by atomic mass is 16.4. The van der Waals surface area contributed by atoms with Crippen molar-refractivity contribution >= 4 is 23.7 Å². The molecule has 0 aliphatic rings. The molecule has 10 nitrogen and oxygen atoms in total. The van der Waals surface area contributed by atoms with Crippen LogP contribution in [0.3, 0.4) is 0 Å². The van der Waals surface area contributed by atoms with Gasteiger partial charge in [0.05, 0.1) is 6.61 Å². The maximum Gasteiger partial charge on any atom is 0.328 e. The Kier molecular flexibility index (Phi) is 9.94. The van der Waals surface area contributed by atoms with E-state index < -0.39 is 48.4 Å². The topological polar surface area (TPSA) is 165 Å². The number of hydrogen-bond donors (Lipinski definition) is 6. The average Bonchev–Trinajstić information content (AvgIpc) is 2.68. The molecular weight excluding hydrogens is 406 g/mol. The fourth-order valence-corrected chi connectivity index (χ4v) is 2.83. The van der Waals surface area contributed by atoms with Gasteiger partial charge in [-0.3, -0.25) is 14.4 Å². The molecule has 0 heterocycles. The first-order chi connectivity index (χ1) is 14.5. The number of amides is 3. The molecule has 0 aliphatic carbocycles. The quantitative estimate of drug-likeness (QED) is 0.288. The molecule has 0 fully saturated rings. The van der Waals surface area contributed by atoms with Crippen LogP contribution in [-0.4, -0.2) is 63.7 Å². The van der Waals surface area contributed by atoms with Gasteiger partial charge in [-0.15, -0.1) is 0 Å². The van der Waals surface area contributed by atoms with E-state index in [2.05, 4.69) is 16.0 Å². The fraction of sp³-hybridized carbons (Fsp3) is 0.524. The zero-order valence-electron chi connectivity index (χ0n) is 18.1.